The van der Waals surface area contributed by atoms with Crippen molar-refractivity contribution < 1.29 is 0 Å². The lowest BCUT2D eigenvalue weighted by molar-refractivity contribution is 0.837. The van der Waals surface area contributed by atoms with Crippen LogP contribution in [0.15, 0.2) is 0 Å². The van der Waals surface area contributed by atoms with Crippen LogP contribution < -0.4 is 11.6 Å². The summed E-state index contributed by atoms with van der Waals surface area (Å²) in [6, 6.07) is 3.42. The molecule has 0 fully saturated rings. The van der Waals surface area contributed by atoms with E-state index in [1.807, 2.05) is 0 Å². The van der Waals surface area contributed by atoms with Gasteiger partial charge in [-0.15, -0.1) is 5.10 Å². The predicted octanol–water partition coefficient (Wildman–Crippen LogP) is -1.08. The van der Waals surface area contributed by atoms with Gasteiger partial charge in [-0.05, 0) is 0 Å². The second-order valence-electron chi connectivity index (χ2n) is 1.78. The van der Waals surface area contributed by atoms with Crippen molar-refractivity contribution in [2.24, 2.45) is 0 Å². The van der Waals surface area contributed by atoms with Crippen LogP contribution in [0.25, 0.3) is 0 Å². The second kappa shape index (κ2) is 2.20. The minimum Gasteiger partial charge on any atom is -0.381 e. The first kappa shape index (κ1) is 6.90. The summed E-state index contributed by atoms with van der Waals surface area (Å²) in [4.78, 5) is 0.803. The molecule has 4 N–H and O–H groups in total. The van der Waals surface area contributed by atoms with Crippen LogP contribution in [0.2, 0.25) is 0 Å². The molecule has 0 bridgehead atoms. The standard InChI is InChI=1S/C5H4N6/c6-1-3-4(2-7)10-11(9)5(3)8/h8-9H2. The molecule has 0 saturated carbocycles. The van der Waals surface area contributed by atoms with Crippen molar-refractivity contribution in [3.63, 3.8) is 0 Å². The molecule has 0 radical (unpaired) electrons. The summed E-state index contributed by atoms with van der Waals surface area (Å²) in [5.41, 5.74) is 5.27. The maximum absolute atomic E-state index is 8.45. The Kier molecular flexibility index (Phi) is 1.38. The van der Waals surface area contributed by atoms with Gasteiger partial charge in [0.25, 0.3) is 0 Å². The number of nitrogens with zero attached hydrogens (tertiary/aromatic N) is 4. The van der Waals surface area contributed by atoms with Crippen molar-refractivity contribution in [3.8, 4) is 12.1 Å². The number of nitriles is 2. The van der Waals surface area contributed by atoms with Gasteiger partial charge in [0.2, 0.25) is 0 Å². The summed E-state index contributed by atoms with van der Waals surface area (Å²) < 4.78 is 0. The van der Waals surface area contributed by atoms with Crippen LogP contribution in [0.1, 0.15) is 11.3 Å². The van der Waals surface area contributed by atoms with Crippen LogP contribution in [0.5, 0.6) is 0 Å². The van der Waals surface area contributed by atoms with Gasteiger partial charge in [-0.2, -0.15) is 15.3 Å². The Morgan fingerprint density at radius 2 is 2.00 bits per heavy atom. The van der Waals surface area contributed by atoms with Crippen molar-refractivity contribution in [2.45, 2.75) is 0 Å². The summed E-state index contributed by atoms with van der Waals surface area (Å²) in [5, 5.41) is 20.3. The topological polar surface area (TPSA) is 117 Å². The summed E-state index contributed by atoms with van der Waals surface area (Å²) >= 11 is 0. The lowest BCUT2D eigenvalue weighted by Gasteiger charge is -1.89. The molecule has 0 unspecified atom stereocenters. The Bertz CT molecular complexity index is 362. The van der Waals surface area contributed by atoms with Crippen molar-refractivity contribution >= 4 is 5.82 Å². The highest BCUT2D eigenvalue weighted by Gasteiger charge is 2.12. The van der Waals surface area contributed by atoms with Gasteiger partial charge in [0.1, 0.15) is 17.7 Å². The van der Waals surface area contributed by atoms with Crippen molar-refractivity contribution in [1.29, 1.82) is 10.5 Å². The van der Waals surface area contributed by atoms with Crippen LogP contribution in [-0.4, -0.2) is 9.89 Å². The molecule has 0 aliphatic heterocycles. The lowest BCUT2D eigenvalue weighted by Crippen LogP contribution is -2.13. The van der Waals surface area contributed by atoms with Crippen LogP contribution >= 0.6 is 0 Å². The smallest absolute Gasteiger partial charge is 0.184 e. The normalized spacial score (nSPS) is 8.55. The van der Waals surface area contributed by atoms with E-state index < -0.39 is 0 Å². The minimum atomic E-state index is -0.0486. The molecule has 1 aromatic heterocycles. The molecule has 0 aromatic carbocycles. The third-order valence-electron chi connectivity index (χ3n) is 1.17. The zero-order chi connectivity index (χ0) is 8.43. The Morgan fingerprint density at radius 3 is 2.36 bits per heavy atom. The first-order valence-electron chi connectivity index (χ1n) is 2.64. The summed E-state index contributed by atoms with van der Waals surface area (Å²) in [6.07, 6.45) is 0. The van der Waals surface area contributed by atoms with Crippen molar-refractivity contribution in [2.75, 3.05) is 11.6 Å². The van der Waals surface area contributed by atoms with E-state index in [-0.39, 0.29) is 17.1 Å². The number of nitrogens with two attached hydrogens (primary N) is 2. The average molecular weight is 148 g/mol. The molecule has 0 amide bonds. The largest absolute Gasteiger partial charge is 0.381 e. The zero-order valence-electron chi connectivity index (χ0n) is 5.44. The van der Waals surface area contributed by atoms with E-state index in [0.29, 0.717) is 0 Å². The highest BCUT2D eigenvalue weighted by atomic mass is 15.5. The van der Waals surface area contributed by atoms with Gasteiger partial charge in [0, 0.05) is 0 Å². The van der Waals surface area contributed by atoms with E-state index >= 15 is 0 Å². The highest BCUT2D eigenvalue weighted by Crippen LogP contribution is 2.11. The summed E-state index contributed by atoms with van der Waals surface area (Å²) in [5.74, 6) is 5.17. The third-order valence-corrected chi connectivity index (χ3v) is 1.17. The van der Waals surface area contributed by atoms with Crippen LogP contribution in [0.4, 0.5) is 5.82 Å². The summed E-state index contributed by atoms with van der Waals surface area (Å²) in [6.45, 7) is 0. The molecular weight excluding hydrogens is 144 g/mol. The molecule has 0 atom stereocenters. The molecule has 0 aliphatic rings. The first-order chi connectivity index (χ1) is 5.20. The average Bonchev–Trinajstić information content (AvgIpc) is 2.28. The fraction of sp³-hybridized carbons (Fsp3) is 0. The predicted molar refractivity (Wildman–Crippen MR) is 36.2 cm³/mol. The van der Waals surface area contributed by atoms with Crippen LogP contribution in [-0.2, 0) is 0 Å². The Morgan fingerprint density at radius 1 is 1.36 bits per heavy atom. The van der Waals surface area contributed by atoms with Gasteiger partial charge in [-0.1, -0.05) is 0 Å². The number of aromatic nitrogens is 2. The molecule has 54 valence electrons. The Labute approximate surface area is 62.2 Å². The molecule has 0 aliphatic carbocycles. The maximum Gasteiger partial charge on any atom is 0.184 e. The van der Waals surface area contributed by atoms with E-state index in [1.54, 1.807) is 12.1 Å². The lowest BCUT2D eigenvalue weighted by atomic mass is 10.3. The molecule has 0 spiro atoms. The fourth-order valence-corrected chi connectivity index (χ4v) is 0.636. The van der Waals surface area contributed by atoms with Gasteiger partial charge in [0.05, 0.1) is 0 Å². The zero-order valence-corrected chi connectivity index (χ0v) is 5.44. The number of hydrogen-bond donors (Lipinski definition) is 2. The molecule has 1 aromatic rings. The van der Waals surface area contributed by atoms with E-state index in [9.17, 15) is 0 Å². The number of nitrogen functional groups attached to an aromatic ring is 2. The molecule has 11 heavy (non-hydrogen) atoms. The molecule has 6 heteroatoms. The maximum atomic E-state index is 8.45. The summed E-state index contributed by atoms with van der Waals surface area (Å²) in [7, 11) is 0. The number of anilines is 1. The molecule has 1 heterocycles. The van der Waals surface area contributed by atoms with E-state index in [2.05, 4.69) is 5.10 Å². The van der Waals surface area contributed by atoms with Gasteiger partial charge in [-0.3, -0.25) is 0 Å². The molecule has 1 rings (SSSR count). The van der Waals surface area contributed by atoms with E-state index in [1.165, 1.54) is 0 Å². The number of hydrogen-bond acceptors (Lipinski definition) is 5. The monoisotopic (exact) mass is 148 g/mol. The number of rotatable bonds is 0. The molecule has 0 saturated heterocycles. The van der Waals surface area contributed by atoms with E-state index in [4.69, 9.17) is 22.1 Å². The first-order valence-corrected chi connectivity index (χ1v) is 2.64. The van der Waals surface area contributed by atoms with Gasteiger partial charge < -0.3 is 11.6 Å². The van der Waals surface area contributed by atoms with Gasteiger partial charge >= 0.3 is 0 Å². The van der Waals surface area contributed by atoms with Gasteiger partial charge in [-0.25, -0.2) is 0 Å². The third kappa shape index (κ3) is 0.825. The van der Waals surface area contributed by atoms with Crippen molar-refractivity contribution in [1.82, 2.24) is 9.89 Å². The van der Waals surface area contributed by atoms with Crippen molar-refractivity contribution in [3.05, 3.63) is 11.3 Å². The minimum absolute atomic E-state index is 0.00375. The quantitative estimate of drug-likeness (QED) is 0.454. The Balaban J connectivity index is 3.45. The highest BCUT2D eigenvalue weighted by molar-refractivity contribution is 5.55. The van der Waals surface area contributed by atoms with Gasteiger partial charge in [0.15, 0.2) is 11.5 Å². The van der Waals surface area contributed by atoms with Crippen LogP contribution in [0.3, 0.4) is 0 Å². The van der Waals surface area contributed by atoms with Crippen LogP contribution in [0, 0.1) is 22.7 Å². The Hall–Kier alpha value is -2.21. The second-order valence-corrected chi connectivity index (χ2v) is 1.78. The van der Waals surface area contributed by atoms with E-state index in [0.717, 1.165) is 4.79 Å². The SMILES string of the molecule is N#Cc1nn(N)c(N)c1C#N. The molecule has 6 nitrogen and oxygen atoms in total. The fourth-order valence-electron chi connectivity index (χ4n) is 0.636. The molecular formula is C5H4N6.